The summed E-state index contributed by atoms with van der Waals surface area (Å²) in [6.45, 7) is 1.51. The number of aromatic nitrogens is 2. The molecule has 0 radical (unpaired) electrons. The summed E-state index contributed by atoms with van der Waals surface area (Å²) >= 11 is 0. The number of benzene rings is 2. The number of nitrogens with zero attached hydrogens (tertiary/aromatic N) is 2. The molecule has 1 amide bonds. The number of nitrogens with one attached hydrogen (secondary N) is 2. The minimum absolute atomic E-state index is 0.106. The molecule has 8 heteroatoms. The van der Waals surface area contributed by atoms with Crippen molar-refractivity contribution in [1.82, 2.24) is 9.55 Å². The highest BCUT2D eigenvalue weighted by molar-refractivity contribution is 5.89. The maximum absolute atomic E-state index is 12.1. The highest BCUT2D eigenvalue weighted by atomic mass is 16.3. The Morgan fingerprint density at radius 2 is 1.82 bits per heavy atom. The quantitative estimate of drug-likeness (QED) is 0.589. The van der Waals surface area contributed by atoms with Gasteiger partial charge in [-0.25, -0.2) is 4.79 Å². The second-order valence-electron chi connectivity index (χ2n) is 6.05. The van der Waals surface area contributed by atoms with E-state index in [9.17, 15) is 19.5 Å². The first-order valence-corrected chi connectivity index (χ1v) is 8.46. The third-order valence-electron chi connectivity index (χ3n) is 3.92. The molecule has 0 unspecified atom stereocenters. The van der Waals surface area contributed by atoms with Crippen molar-refractivity contribution in [2.24, 2.45) is 4.99 Å². The fraction of sp³-hybridized carbons (Fsp3) is 0.100. The smallest absolute Gasteiger partial charge is 0.331 e. The number of rotatable bonds is 5. The molecule has 28 heavy (non-hydrogen) atoms. The van der Waals surface area contributed by atoms with Crippen LogP contribution in [0, 0.1) is 0 Å². The fourth-order valence-electron chi connectivity index (χ4n) is 2.58. The van der Waals surface area contributed by atoms with E-state index in [1.165, 1.54) is 13.1 Å². The van der Waals surface area contributed by atoms with Gasteiger partial charge < -0.3 is 10.4 Å². The van der Waals surface area contributed by atoms with Gasteiger partial charge in [-0.1, -0.05) is 30.3 Å². The molecule has 0 aliphatic carbocycles. The third kappa shape index (κ3) is 4.42. The topological polar surface area (TPSA) is 117 Å². The van der Waals surface area contributed by atoms with Crippen LogP contribution in [0.15, 0.2) is 69.2 Å². The van der Waals surface area contributed by atoms with Crippen LogP contribution in [-0.4, -0.2) is 26.8 Å². The summed E-state index contributed by atoms with van der Waals surface area (Å²) in [6.07, 6.45) is 1.20. The molecule has 0 aliphatic rings. The fourth-order valence-corrected chi connectivity index (χ4v) is 2.58. The zero-order chi connectivity index (χ0) is 20.1. The van der Waals surface area contributed by atoms with E-state index >= 15 is 0 Å². The summed E-state index contributed by atoms with van der Waals surface area (Å²) in [4.78, 5) is 41.6. The lowest BCUT2D eigenvalue weighted by Crippen LogP contribution is -2.32. The number of anilines is 1. The Kier molecular flexibility index (Phi) is 5.50. The Labute approximate surface area is 159 Å². The Hall–Kier alpha value is -3.94. The van der Waals surface area contributed by atoms with Gasteiger partial charge in [0.25, 0.3) is 5.56 Å². The van der Waals surface area contributed by atoms with Crippen LogP contribution < -0.4 is 16.6 Å². The highest BCUT2D eigenvalue weighted by Gasteiger charge is 2.13. The van der Waals surface area contributed by atoms with Gasteiger partial charge in [0.05, 0.1) is 12.2 Å². The molecular formula is C20H18N4O4. The van der Waals surface area contributed by atoms with Crippen LogP contribution >= 0.6 is 0 Å². The molecule has 0 atom stereocenters. The van der Waals surface area contributed by atoms with Crippen LogP contribution in [0.5, 0.6) is 5.88 Å². The van der Waals surface area contributed by atoms with E-state index in [4.69, 9.17) is 0 Å². The lowest BCUT2D eigenvalue weighted by atomic mass is 10.2. The van der Waals surface area contributed by atoms with Crippen LogP contribution in [0.3, 0.4) is 0 Å². The van der Waals surface area contributed by atoms with E-state index < -0.39 is 17.1 Å². The Bertz CT molecular complexity index is 1130. The second kappa shape index (κ2) is 8.17. The molecule has 1 heterocycles. The van der Waals surface area contributed by atoms with Gasteiger partial charge in [0.15, 0.2) is 0 Å². The Balaban J connectivity index is 1.90. The SMILES string of the molecule is CC(=O)Nc1ccc(N=Cc2c(O)n(Cc3ccccc3)c(=O)[nH]c2=O)cc1. The number of aliphatic imine (C=N–C) groups is 1. The molecule has 2 aromatic carbocycles. The van der Waals surface area contributed by atoms with E-state index in [-0.39, 0.29) is 18.0 Å². The molecular weight excluding hydrogens is 360 g/mol. The number of carbonyl (C=O) groups is 1. The maximum atomic E-state index is 12.1. The van der Waals surface area contributed by atoms with Crippen molar-refractivity contribution >= 4 is 23.5 Å². The van der Waals surface area contributed by atoms with Gasteiger partial charge in [-0.2, -0.15) is 0 Å². The molecule has 142 valence electrons. The van der Waals surface area contributed by atoms with Gasteiger partial charge in [-0.05, 0) is 29.8 Å². The number of aromatic amines is 1. The average Bonchev–Trinajstić information content (AvgIpc) is 2.66. The summed E-state index contributed by atoms with van der Waals surface area (Å²) in [6, 6.07) is 15.7. The lowest BCUT2D eigenvalue weighted by molar-refractivity contribution is -0.114. The van der Waals surface area contributed by atoms with Crippen molar-refractivity contribution < 1.29 is 9.90 Å². The standard InChI is InChI=1S/C20H18N4O4/c1-13(25)22-16-9-7-15(8-10-16)21-11-17-18(26)23-20(28)24(19(17)27)12-14-5-3-2-4-6-14/h2-11,27H,12H2,1H3,(H,22,25)(H,23,26,28). The number of hydrogen-bond donors (Lipinski definition) is 3. The first-order valence-electron chi connectivity index (χ1n) is 8.46. The van der Waals surface area contributed by atoms with Gasteiger partial charge in [0, 0.05) is 18.8 Å². The minimum Gasteiger partial charge on any atom is -0.494 e. The van der Waals surface area contributed by atoms with Crippen LogP contribution in [0.25, 0.3) is 0 Å². The molecule has 3 aromatic rings. The zero-order valence-corrected chi connectivity index (χ0v) is 15.0. The van der Waals surface area contributed by atoms with Crippen molar-refractivity contribution in [3.8, 4) is 5.88 Å². The number of aromatic hydroxyl groups is 1. The van der Waals surface area contributed by atoms with Gasteiger partial charge in [0.2, 0.25) is 11.8 Å². The van der Waals surface area contributed by atoms with Crippen molar-refractivity contribution in [1.29, 1.82) is 0 Å². The normalized spacial score (nSPS) is 10.9. The number of H-pyrrole nitrogens is 1. The first-order chi connectivity index (χ1) is 13.4. The molecule has 0 aliphatic heterocycles. The predicted molar refractivity (Wildman–Crippen MR) is 107 cm³/mol. The molecule has 0 spiro atoms. The Morgan fingerprint density at radius 3 is 2.46 bits per heavy atom. The molecule has 3 N–H and O–H groups in total. The summed E-state index contributed by atoms with van der Waals surface area (Å²) < 4.78 is 1.07. The zero-order valence-electron chi connectivity index (χ0n) is 15.0. The summed E-state index contributed by atoms with van der Waals surface area (Å²) in [5.74, 6) is -0.649. The summed E-state index contributed by atoms with van der Waals surface area (Å²) in [5, 5.41) is 13.1. The highest BCUT2D eigenvalue weighted by Crippen LogP contribution is 2.17. The van der Waals surface area contributed by atoms with Gasteiger partial charge in [-0.15, -0.1) is 0 Å². The van der Waals surface area contributed by atoms with Gasteiger partial charge in [0.1, 0.15) is 5.56 Å². The molecule has 8 nitrogen and oxygen atoms in total. The molecule has 0 saturated heterocycles. The van der Waals surface area contributed by atoms with Crippen LogP contribution in [-0.2, 0) is 11.3 Å². The largest absolute Gasteiger partial charge is 0.494 e. The minimum atomic E-state index is -0.731. The number of amides is 1. The summed E-state index contributed by atoms with van der Waals surface area (Å²) in [5.41, 5.74) is 0.357. The Morgan fingerprint density at radius 1 is 1.14 bits per heavy atom. The van der Waals surface area contributed by atoms with E-state index in [1.807, 2.05) is 18.2 Å². The molecule has 0 bridgehead atoms. The third-order valence-corrected chi connectivity index (χ3v) is 3.92. The van der Waals surface area contributed by atoms with E-state index in [0.717, 1.165) is 10.1 Å². The van der Waals surface area contributed by atoms with Gasteiger partial charge >= 0.3 is 5.69 Å². The predicted octanol–water partition coefficient (Wildman–Crippen LogP) is 2.00. The maximum Gasteiger partial charge on any atom is 0.331 e. The molecule has 1 aromatic heterocycles. The van der Waals surface area contributed by atoms with Crippen LogP contribution in [0.1, 0.15) is 18.1 Å². The average molecular weight is 378 g/mol. The molecule has 0 saturated carbocycles. The first kappa shape index (κ1) is 18.8. The van der Waals surface area contributed by atoms with Gasteiger partial charge in [-0.3, -0.25) is 24.1 Å². The van der Waals surface area contributed by atoms with Crippen LogP contribution in [0.2, 0.25) is 0 Å². The number of hydrogen-bond acceptors (Lipinski definition) is 5. The molecule has 0 fully saturated rings. The van der Waals surface area contributed by atoms with Crippen molar-refractivity contribution in [2.45, 2.75) is 13.5 Å². The summed E-state index contributed by atoms with van der Waals surface area (Å²) in [7, 11) is 0. The monoisotopic (exact) mass is 378 g/mol. The second-order valence-corrected chi connectivity index (χ2v) is 6.05. The van der Waals surface area contributed by atoms with Crippen molar-refractivity contribution in [3.05, 3.63) is 86.6 Å². The number of carbonyl (C=O) groups excluding carboxylic acids is 1. The van der Waals surface area contributed by atoms with E-state index in [2.05, 4.69) is 15.3 Å². The van der Waals surface area contributed by atoms with Crippen LogP contribution in [0.4, 0.5) is 11.4 Å². The van der Waals surface area contributed by atoms with Crippen molar-refractivity contribution in [2.75, 3.05) is 5.32 Å². The molecule has 3 rings (SSSR count). The lowest BCUT2D eigenvalue weighted by Gasteiger charge is -2.09. The van der Waals surface area contributed by atoms with Crippen molar-refractivity contribution in [3.63, 3.8) is 0 Å². The van der Waals surface area contributed by atoms with E-state index in [1.54, 1.807) is 36.4 Å². The van der Waals surface area contributed by atoms with E-state index in [0.29, 0.717) is 11.4 Å².